The second-order valence-corrected chi connectivity index (χ2v) is 6.31. The lowest BCUT2D eigenvalue weighted by atomic mass is 9.96. The molecule has 1 fully saturated rings. The Morgan fingerprint density at radius 2 is 2.18 bits per heavy atom. The van der Waals surface area contributed by atoms with Crippen LogP contribution >= 0.6 is 11.3 Å². The summed E-state index contributed by atoms with van der Waals surface area (Å²) >= 11 is 1.93. The molecule has 1 aromatic heterocycles. The van der Waals surface area contributed by atoms with Gasteiger partial charge in [0.15, 0.2) is 0 Å². The van der Waals surface area contributed by atoms with Gasteiger partial charge in [0.05, 0.1) is 0 Å². The van der Waals surface area contributed by atoms with Crippen molar-refractivity contribution >= 4 is 11.3 Å². The Balaban J connectivity index is 1.99. The first-order valence-corrected chi connectivity index (χ1v) is 7.96. The van der Waals surface area contributed by atoms with Gasteiger partial charge in [0.1, 0.15) is 0 Å². The summed E-state index contributed by atoms with van der Waals surface area (Å²) in [7, 11) is 0. The van der Waals surface area contributed by atoms with Gasteiger partial charge in [-0.15, -0.1) is 11.3 Å². The highest BCUT2D eigenvalue weighted by atomic mass is 32.1. The van der Waals surface area contributed by atoms with Crippen molar-refractivity contribution < 1.29 is 0 Å². The molecule has 1 aromatic rings. The van der Waals surface area contributed by atoms with E-state index in [1.165, 1.54) is 44.1 Å². The quantitative estimate of drug-likeness (QED) is 0.774. The molecule has 1 atom stereocenters. The van der Waals surface area contributed by atoms with E-state index in [1.807, 2.05) is 11.3 Å². The van der Waals surface area contributed by atoms with Crippen LogP contribution in [0.3, 0.4) is 0 Å². The zero-order valence-electron chi connectivity index (χ0n) is 11.2. The molecule has 2 heteroatoms. The van der Waals surface area contributed by atoms with Crippen LogP contribution in [0.1, 0.15) is 61.9 Å². The Morgan fingerprint density at radius 1 is 1.41 bits per heavy atom. The van der Waals surface area contributed by atoms with Gasteiger partial charge in [0, 0.05) is 10.9 Å². The minimum absolute atomic E-state index is 0.609. The Kier molecular flexibility index (Phi) is 5.05. The van der Waals surface area contributed by atoms with Crippen molar-refractivity contribution in [2.45, 2.75) is 58.4 Å². The number of hydrogen-bond acceptors (Lipinski definition) is 2. The third-order valence-corrected chi connectivity index (χ3v) is 5.04. The van der Waals surface area contributed by atoms with E-state index in [2.05, 4.69) is 30.6 Å². The molecule has 0 radical (unpaired) electrons. The molecule has 1 unspecified atom stereocenters. The van der Waals surface area contributed by atoms with E-state index in [1.54, 1.807) is 4.88 Å². The Bertz CT molecular complexity index is 325. The minimum Gasteiger partial charge on any atom is -0.309 e. The summed E-state index contributed by atoms with van der Waals surface area (Å²) in [5.41, 5.74) is 1.47. The predicted octanol–water partition coefficient (Wildman–Crippen LogP) is 4.68. The molecular formula is C15H25NS. The maximum atomic E-state index is 3.75. The topological polar surface area (TPSA) is 12.0 Å². The number of nitrogens with one attached hydrogen (secondary N) is 1. The van der Waals surface area contributed by atoms with Crippen LogP contribution in [-0.4, -0.2) is 6.54 Å². The van der Waals surface area contributed by atoms with Crippen LogP contribution < -0.4 is 5.32 Å². The van der Waals surface area contributed by atoms with Crippen molar-refractivity contribution in [1.29, 1.82) is 0 Å². The summed E-state index contributed by atoms with van der Waals surface area (Å²) in [6.07, 6.45) is 8.39. The van der Waals surface area contributed by atoms with Gasteiger partial charge in [0.2, 0.25) is 0 Å². The first-order chi connectivity index (χ1) is 8.31. The van der Waals surface area contributed by atoms with Gasteiger partial charge in [0.25, 0.3) is 0 Å². The molecular weight excluding hydrogens is 226 g/mol. The van der Waals surface area contributed by atoms with Crippen LogP contribution in [0.5, 0.6) is 0 Å². The van der Waals surface area contributed by atoms with Gasteiger partial charge in [-0.2, -0.15) is 0 Å². The van der Waals surface area contributed by atoms with Crippen LogP contribution in [0.2, 0.25) is 0 Å². The fraction of sp³-hybridized carbons (Fsp3) is 0.733. The van der Waals surface area contributed by atoms with Crippen LogP contribution in [-0.2, 0) is 0 Å². The van der Waals surface area contributed by atoms with Crippen molar-refractivity contribution in [2.75, 3.05) is 6.54 Å². The summed E-state index contributed by atoms with van der Waals surface area (Å²) in [4.78, 5) is 1.57. The smallest absolute Gasteiger partial charge is 0.0420 e. The van der Waals surface area contributed by atoms with E-state index < -0.39 is 0 Å². The van der Waals surface area contributed by atoms with Gasteiger partial charge in [-0.1, -0.05) is 32.6 Å². The summed E-state index contributed by atoms with van der Waals surface area (Å²) < 4.78 is 0. The zero-order valence-corrected chi connectivity index (χ0v) is 12.0. The average Bonchev–Trinajstić information content (AvgIpc) is 2.95. The van der Waals surface area contributed by atoms with Crippen molar-refractivity contribution in [2.24, 2.45) is 5.92 Å². The van der Waals surface area contributed by atoms with E-state index in [4.69, 9.17) is 0 Å². The van der Waals surface area contributed by atoms with Gasteiger partial charge < -0.3 is 5.32 Å². The molecule has 2 rings (SSSR count). The molecule has 1 heterocycles. The fourth-order valence-electron chi connectivity index (χ4n) is 2.92. The van der Waals surface area contributed by atoms with Crippen molar-refractivity contribution in [3.05, 3.63) is 21.9 Å². The molecule has 0 bridgehead atoms. The van der Waals surface area contributed by atoms with E-state index >= 15 is 0 Å². The van der Waals surface area contributed by atoms with Crippen molar-refractivity contribution in [3.8, 4) is 0 Å². The molecule has 0 saturated heterocycles. The molecule has 0 spiro atoms. The summed E-state index contributed by atoms with van der Waals surface area (Å²) in [6, 6.07) is 2.87. The highest BCUT2D eigenvalue weighted by molar-refractivity contribution is 7.10. The maximum absolute atomic E-state index is 3.75. The SMILES string of the molecule is CCCNC(CC1CCCC1)c1sccc1C. The molecule has 1 nitrogen and oxygen atoms in total. The minimum atomic E-state index is 0.609. The fourth-order valence-corrected chi connectivity index (χ4v) is 3.94. The number of thiophene rings is 1. The second kappa shape index (κ2) is 6.55. The van der Waals surface area contributed by atoms with Crippen LogP contribution in [0.15, 0.2) is 11.4 Å². The summed E-state index contributed by atoms with van der Waals surface area (Å²) in [6.45, 7) is 5.65. The maximum Gasteiger partial charge on any atom is 0.0420 e. The van der Waals surface area contributed by atoms with Gasteiger partial charge in [-0.3, -0.25) is 0 Å². The first-order valence-electron chi connectivity index (χ1n) is 7.08. The molecule has 0 aromatic carbocycles. The average molecular weight is 251 g/mol. The molecule has 96 valence electrons. The van der Waals surface area contributed by atoms with Crippen LogP contribution in [0, 0.1) is 12.8 Å². The third kappa shape index (κ3) is 3.56. The highest BCUT2D eigenvalue weighted by Crippen LogP contribution is 2.35. The lowest BCUT2D eigenvalue weighted by Crippen LogP contribution is -2.23. The molecule has 1 N–H and O–H groups in total. The first kappa shape index (κ1) is 13.1. The standard InChI is InChI=1S/C15H25NS/c1-3-9-16-14(11-13-6-4-5-7-13)15-12(2)8-10-17-15/h8,10,13-14,16H,3-7,9,11H2,1-2H3. The largest absolute Gasteiger partial charge is 0.309 e. The van der Waals surface area contributed by atoms with Crippen LogP contribution in [0.25, 0.3) is 0 Å². The van der Waals surface area contributed by atoms with Crippen molar-refractivity contribution in [1.82, 2.24) is 5.32 Å². The van der Waals surface area contributed by atoms with E-state index in [9.17, 15) is 0 Å². The number of rotatable bonds is 6. The van der Waals surface area contributed by atoms with Crippen LogP contribution in [0.4, 0.5) is 0 Å². The number of hydrogen-bond donors (Lipinski definition) is 1. The van der Waals surface area contributed by atoms with Gasteiger partial charge in [-0.05, 0) is 49.2 Å². The Morgan fingerprint density at radius 3 is 2.76 bits per heavy atom. The molecule has 1 saturated carbocycles. The molecule has 0 aliphatic heterocycles. The Hall–Kier alpha value is -0.340. The Labute approximate surface area is 110 Å². The molecule has 1 aliphatic rings. The zero-order chi connectivity index (χ0) is 12.1. The second-order valence-electron chi connectivity index (χ2n) is 5.36. The van der Waals surface area contributed by atoms with Gasteiger partial charge in [-0.25, -0.2) is 0 Å². The normalized spacial score (nSPS) is 18.7. The monoisotopic (exact) mass is 251 g/mol. The van der Waals surface area contributed by atoms with Crippen molar-refractivity contribution in [3.63, 3.8) is 0 Å². The summed E-state index contributed by atoms with van der Waals surface area (Å²) in [5, 5.41) is 5.99. The number of aryl methyl sites for hydroxylation is 1. The third-order valence-electron chi connectivity index (χ3n) is 3.90. The molecule has 17 heavy (non-hydrogen) atoms. The lowest BCUT2D eigenvalue weighted by Gasteiger charge is -2.21. The lowest BCUT2D eigenvalue weighted by molar-refractivity contribution is 0.398. The predicted molar refractivity (Wildman–Crippen MR) is 76.7 cm³/mol. The van der Waals surface area contributed by atoms with E-state index in [0.29, 0.717) is 6.04 Å². The van der Waals surface area contributed by atoms with Gasteiger partial charge >= 0.3 is 0 Å². The summed E-state index contributed by atoms with van der Waals surface area (Å²) in [5.74, 6) is 0.964. The highest BCUT2D eigenvalue weighted by Gasteiger charge is 2.22. The van der Waals surface area contributed by atoms with E-state index in [-0.39, 0.29) is 0 Å². The van der Waals surface area contributed by atoms with E-state index in [0.717, 1.165) is 12.5 Å². The molecule has 1 aliphatic carbocycles. The molecule has 0 amide bonds.